The van der Waals surface area contributed by atoms with E-state index in [-0.39, 0.29) is 6.10 Å². The zero-order valence-corrected chi connectivity index (χ0v) is 16.6. The van der Waals surface area contributed by atoms with E-state index < -0.39 is 0 Å². The summed E-state index contributed by atoms with van der Waals surface area (Å²) in [5.74, 6) is 2.30. The van der Waals surface area contributed by atoms with Crippen LogP contribution in [-0.2, 0) is 6.42 Å². The first-order valence-electron chi connectivity index (χ1n) is 8.82. The second kappa shape index (κ2) is 10.1. The molecule has 1 heterocycles. The van der Waals surface area contributed by atoms with Gasteiger partial charge in [-0.2, -0.15) is 0 Å². The molecule has 0 aliphatic carbocycles. The molecule has 0 amide bonds. The summed E-state index contributed by atoms with van der Waals surface area (Å²) >= 11 is 6.16. The Morgan fingerprint density at radius 1 is 1.31 bits per heavy atom. The molecule has 7 heteroatoms. The van der Waals surface area contributed by atoms with Crippen molar-refractivity contribution >= 4 is 17.6 Å². The number of benzene rings is 1. The maximum Gasteiger partial charge on any atom is 0.191 e. The van der Waals surface area contributed by atoms with Crippen LogP contribution in [0.2, 0.25) is 5.02 Å². The monoisotopic (exact) mass is 378 g/mol. The Morgan fingerprint density at radius 3 is 2.69 bits per heavy atom. The standard InChI is InChI=1S/C19H27ClN4O2/c1-5-15(25-18-9-7-6-8-17(18)20)12-23-19(21-4)22-11-10-16-13(2)24-26-14(16)3/h6-9,15H,5,10-12H2,1-4H3,(H2,21,22,23). The summed E-state index contributed by atoms with van der Waals surface area (Å²) in [5, 5.41) is 11.2. The summed E-state index contributed by atoms with van der Waals surface area (Å²) in [7, 11) is 1.75. The van der Waals surface area contributed by atoms with Gasteiger partial charge in [0.05, 0.1) is 17.3 Å². The van der Waals surface area contributed by atoms with Gasteiger partial charge in [-0.05, 0) is 38.8 Å². The predicted molar refractivity (Wildman–Crippen MR) is 105 cm³/mol. The number of nitrogens with one attached hydrogen (secondary N) is 2. The maximum absolute atomic E-state index is 6.16. The minimum absolute atomic E-state index is 0.00369. The lowest BCUT2D eigenvalue weighted by atomic mass is 10.1. The van der Waals surface area contributed by atoms with Gasteiger partial charge in [0.1, 0.15) is 17.6 Å². The first-order chi connectivity index (χ1) is 12.5. The van der Waals surface area contributed by atoms with Crippen molar-refractivity contribution < 1.29 is 9.26 Å². The van der Waals surface area contributed by atoms with Crippen LogP contribution in [0.1, 0.15) is 30.4 Å². The third-order valence-electron chi connectivity index (χ3n) is 4.16. The first kappa shape index (κ1) is 20.1. The molecule has 0 aliphatic rings. The highest BCUT2D eigenvalue weighted by Crippen LogP contribution is 2.24. The van der Waals surface area contributed by atoms with E-state index in [9.17, 15) is 0 Å². The minimum atomic E-state index is -0.00369. The third-order valence-corrected chi connectivity index (χ3v) is 4.47. The van der Waals surface area contributed by atoms with Gasteiger partial charge >= 0.3 is 0 Å². The zero-order chi connectivity index (χ0) is 18.9. The molecular formula is C19H27ClN4O2. The van der Waals surface area contributed by atoms with Crippen molar-refractivity contribution in [1.29, 1.82) is 0 Å². The summed E-state index contributed by atoms with van der Waals surface area (Å²) in [6.07, 6.45) is 1.68. The number of aromatic nitrogens is 1. The highest BCUT2D eigenvalue weighted by Gasteiger charge is 2.12. The van der Waals surface area contributed by atoms with E-state index >= 15 is 0 Å². The summed E-state index contributed by atoms with van der Waals surface area (Å²) in [5.41, 5.74) is 2.08. The third kappa shape index (κ3) is 5.66. The minimum Gasteiger partial charge on any atom is -0.487 e. The molecule has 0 fully saturated rings. The summed E-state index contributed by atoms with van der Waals surface area (Å²) in [6.45, 7) is 7.34. The molecule has 26 heavy (non-hydrogen) atoms. The van der Waals surface area contributed by atoms with E-state index in [1.165, 1.54) is 0 Å². The van der Waals surface area contributed by atoms with E-state index in [2.05, 4.69) is 27.7 Å². The van der Waals surface area contributed by atoms with Crippen LogP contribution in [0.5, 0.6) is 5.75 Å². The van der Waals surface area contributed by atoms with E-state index in [1.54, 1.807) is 7.05 Å². The quantitative estimate of drug-likeness (QED) is 0.543. The molecule has 0 saturated heterocycles. The van der Waals surface area contributed by atoms with E-state index in [0.29, 0.717) is 17.3 Å². The highest BCUT2D eigenvalue weighted by molar-refractivity contribution is 6.32. The van der Waals surface area contributed by atoms with Crippen molar-refractivity contribution in [2.24, 2.45) is 4.99 Å². The van der Waals surface area contributed by atoms with Gasteiger partial charge in [0.2, 0.25) is 0 Å². The number of nitrogens with zero attached hydrogens (tertiary/aromatic N) is 2. The lowest BCUT2D eigenvalue weighted by molar-refractivity contribution is 0.199. The zero-order valence-electron chi connectivity index (χ0n) is 15.8. The Balaban J connectivity index is 1.80. The summed E-state index contributed by atoms with van der Waals surface area (Å²) in [4.78, 5) is 4.26. The van der Waals surface area contributed by atoms with Crippen molar-refractivity contribution in [1.82, 2.24) is 15.8 Å². The fraction of sp³-hybridized carbons (Fsp3) is 0.474. The molecule has 2 aromatic rings. The maximum atomic E-state index is 6.16. The van der Waals surface area contributed by atoms with Gasteiger partial charge in [-0.3, -0.25) is 4.99 Å². The van der Waals surface area contributed by atoms with Crippen molar-refractivity contribution in [3.63, 3.8) is 0 Å². The molecule has 2 N–H and O–H groups in total. The normalized spacial score (nSPS) is 12.7. The number of ether oxygens (including phenoxy) is 1. The first-order valence-corrected chi connectivity index (χ1v) is 9.20. The number of rotatable bonds is 8. The van der Waals surface area contributed by atoms with Crippen molar-refractivity contribution in [3.05, 3.63) is 46.3 Å². The van der Waals surface area contributed by atoms with Crippen LogP contribution in [0.25, 0.3) is 0 Å². The Bertz CT molecular complexity index is 711. The Hall–Kier alpha value is -2.21. The predicted octanol–water partition coefficient (Wildman–Crippen LogP) is 3.51. The molecule has 1 unspecified atom stereocenters. The van der Waals surface area contributed by atoms with Crippen LogP contribution in [0.15, 0.2) is 33.8 Å². The van der Waals surface area contributed by atoms with Crippen molar-refractivity contribution in [2.75, 3.05) is 20.1 Å². The van der Waals surface area contributed by atoms with Crippen LogP contribution in [-0.4, -0.2) is 37.4 Å². The average Bonchev–Trinajstić information content (AvgIpc) is 2.96. The van der Waals surface area contributed by atoms with Gasteiger partial charge in [-0.1, -0.05) is 35.8 Å². The molecular weight excluding hydrogens is 352 g/mol. The van der Waals surface area contributed by atoms with Crippen LogP contribution < -0.4 is 15.4 Å². The molecule has 0 bridgehead atoms. The van der Waals surface area contributed by atoms with Gasteiger partial charge in [-0.25, -0.2) is 0 Å². The number of aliphatic imine (C=N–C) groups is 1. The molecule has 0 spiro atoms. The molecule has 0 saturated carbocycles. The largest absolute Gasteiger partial charge is 0.487 e. The number of halogens is 1. The van der Waals surface area contributed by atoms with Crippen LogP contribution >= 0.6 is 11.6 Å². The van der Waals surface area contributed by atoms with Gasteiger partial charge in [-0.15, -0.1) is 0 Å². The number of aryl methyl sites for hydroxylation is 2. The SMILES string of the molecule is CCC(CNC(=NC)NCCc1c(C)noc1C)Oc1ccccc1Cl. The Labute approximate surface area is 160 Å². The van der Waals surface area contributed by atoms with E-state index in [0.717, 1.165) is 42.4 Å². The molecule has 0 aliphatic heterocycles. The van der Waals surface area contributed by atoms with Gasteiger partial charge in [0.15, 0.2) is 5.96 Å². The second-order valence-corrected chi connectivity index (χ2v) is 6.42. The van der Waals surface area contributed by atoms with Crippen molar-refractivity contribution in [3.8, 4) is 5.75 Å². The summed E-state index contributed by atoms with van der Waals surface area (Å²) in [6, 6.07) is 7.50. The fourth-order valence-electron chi connectivity index (χ4n) is 2.59. The molecule has 1 atom stereocenters. The molecule has 6 nitrogen and oxygen atoms in total. The fourth-order valence-corrected chi connectivity index (χ4v) is 2.77. The van der Waals surface area contributed by atoms with Crippen LogP contribution in [0.3, 0.4) is 0 Å². The lowest BCUT2D eigenvalue weighted by Gasteiger charge is -2.20. The summed E-state index contributed by atoms with van der Waals surface area (Å²) < 4.78 is 11.2. The van der Waals surface area contributed by atoms with E-state index in [4.69, 9.17) is 20.9 Å². The second-order valence-electron chi connectivity index (χ2n) is 6.01. The van der Waals surface area contributed by atoms with Gasteiger partial charge < -0.3 is 19.9 Å². The number of guanidine groups is 1. The number of hydrogen-bond donors (Lipinski definition) is 2. The Morgan fingerprint density at radius 2 is 2.08 bits per heavy atom. The molecule has 142 valence electrons. The van der Waals surface area contributed by atoms with Crippen LogP contribution in [0.4, 0.5) is 0 Å². The topological polar surface area (TPSA) is 71.7 Å². The van der Waals surface area contributed by atoms with Gasteiger partial charge in [0.25, 0.3) is 0 Å². The number of para-hydroxylation sites is 1. The van der Waals surface area contributed by atoms with Gasteiger partial charge in [0, 0.05) is 19.2 Å². The molecule has 0 radical (unpaired) electrons. The average molecular weight is 379 g/mol. The van der Waals surface area contributed by atoms with Crippen molar-refractivity contribution in [2.45, 2.75) is 39.7 Å². The lowest BCUT2D eigenvalue weighted by Crippen LogP contribution is -2.43. The van der Waals surface area contributed by atoms with Crippen LogP contribution in [0, 0.1) is 13.8 Å². The number of hydrogen-bond acceptors (Lipinski definition) is 4. The smallest absolute Gasteiger partial charge is 0.191 e. The van der Waals surface area contributed by atoms with E-state index in [1.807, 2.05) is 38.1 Å². The highest BCUT2D eigenvalue weighted by atomic mass is 35.5. The molecule has 1 aromatic carbocycles. The molecule has 2 rings (SSSR count). The molecule has 1 aromatic heterocycles. The Kier molecular flexibility index (Phi) is 7.78.